The number of hydrogen-bond donors (Lipinski definition) is 1. The Balaban J connectivity index is 3.22. The van der Waals surface area contributed by atoms with Gasteiger partial charge in [0.1, 0.15) is 0 Å². The molecule has 0 spiro atoms. The van der Waals surface area contributed by atoms with Crippen LogP contribution in [-0.4, -0.2) is 18.1 Å². The molecule has 5 nitrogen and oxygen atoms in total. The standard InChI is InChI=1S/C11H14N2O3/c1-8(12)6-7-9-4-3-5-10(16-2)11(9)13(14)15/h3-8H,12H2,1-2H3/b7-6+. The molecule has 0 aliphatic rings. The summed E-state index contributed by atoms with van der Waals surface area (Å²) in [6.07, 6.45) is 3.33. The van der Waals surface area contributed by atoms with E-state index in [0.29, 0.717) is 5.56 Å². The van der Waals surface area contributed by atoms with Crippen LogP contribution in [0.2, 0.25) is 0 Å². The van der Waals surface area contributed by atoms with Crippen molar-refractivity contribution in [1.82, 2.24) is 0 Å². The third kappa shape index (κ3) is 2.80. The molecule has 0 heterocycles. The minimum Gasteiger partial charge on any atom is -0.490 e. The number of rotatable bonds is 4. The maximum atomic E-state index is 10.9. The zero-order valence-corrected chi connectivity index (χ0v) is 9.21. The third-order valence-corrected chi connectivity index (χ3v) is 2.01. The zero-order valence-electron chi connectivity index (χ0n) is 9.21. The van der Waals surface area contributed by atoms with E-state index in [9.17, 15) is 10.1 Å². The summed E-state index contributed by atoms with van der Waals surface area (Å²) in [7, 11) is 1.40. The topological polar surface area (TPSA) is 78.4 Å². The largest absolute Gasteiger partial charge is 0.490 e. The summed E-state index contributed by atoms with van der Waals surface area (Å²) in [5.74, 6) is 0.247. The lowest BCUT2D eigenvalue weighted by atomic mass is 10.1. The van der Waals surface area contributed by atoms with E-state index in [4.69, 9.17) is 10.5 Å². The molecule has 0 radical (unpaired) electrons. The number of ether oxygens (including phenoxy) is 1. The summed E-state index contributed by atoms with van der Waals surface area (Å²) in [6.45, 7) is 1.79. The number of nitro benzene ring substituents is 1. The van der Waals surface area contributed by atoms with Crippen LogP contribution in [0.15, 0.2) is 24.3 Å². The van der Waals surface area contributed by atoms with Crippen LogP contribution in [-0.2, 0) is 0 Å². The molecule has 1 aromatic rings. The average Bonchev–Trinajstić information content (AvgIpc) is 2.25. The van der Waals surface area contributed by atoms with E-state index >= 15 is 0 Å². The highest BCUT2D eigenvalue weighted by Crippen LogP contribution is 2.31. The Morgan fingerprint density at radius 1 is 1.56 bits per heavy atom. The first-order valence-corrected chi connectivity index (χ1v) is 4.81. The minimum atomic E-state index is -0.459. The molecule has 0 bridgehead atoms. The molecule has 1 rings (SSSR count). The average molecular weight is 222 g/mol. The molecule has 0 saturated carbocycles. The summed E-state index contributed by atoms with van der Waals surface area (Å²) in [5, 5.41) is 10.9. The summed E-state index contributed by atoms with van der Waals surface area (Å²) in [4.78, 5) is 10.4. The van der Waals surface area contributed by atoms with E-state index < -0.39 is 4.92 Å². The van der Waals surface area contributed by atoms with Crippen LogP contribution in [0, 0.1) is 10.1 Å². The molecule has 16 heavy (non-hydrogen) atoms. The molecule has 0 aliphatic carbocycles. The Labute approximate surface area is 93.7 Å². The molecule has 0 amide bonds. The number of nitrogens with two attached hydrogens (primary N) is 1. The maximum Gasteiger partial charge on any atom is 0.318 e. The highest BCUT2D eigenvalue weighted by atomic mass is 16.6. The van der Waals surface area contributed by atoms with Gasteiger partial charge < -0.3 is 10.5 Å². The number of methoxy groups -OCH3 is 1. The predicted octanol–water partition coefficient (Wildman–Crippen LogP) is 1.96. The van der Waals surface area contributed by atoms with Gasteiger partial charge in [0, 0.05) is 6.04 Å². The van der Waals surface area contributed by atoms with Gasteiger partial charge in [-0.1, -0.05) is 18.2 Å². The van der Waals surface area contributed by atoms with Crippen molar-refractivity contribution in [3.8, 4) is 5.75 Å². The smallest absolute Gasteiger partial charge is 0.318 e. The van der Waals surface area contributed by atoms with Gasteiger partial charge in [-0.3, -0.25) is 10.1 Å². The van der Waals surface area contributed by atoms with Gasteiger partial charge in [-0.25, -0.2) is 0 Å². The fourth-order valence-electron chi connectivity index (χ4n) is 1.29. The van der Waals surface area contributed by atoms with Gasteiger partial charge in [0.25, 0.3) is 0 Å². The zero-order chi connectivity index (χ0) is 12.1. The molecule has 5 heteroatoms. The van der Waals surface area contributed by atoms with Crippen molar-refractivity contribution < 1.29 is 9.66 Å². The van der Waals surface area contributed by atoms with Crippen LogP contribution >= 0.6 is 0 Å². The first-order chi connectivity index (χ1) is 7.56. The van der Waals surface area contributed by atoms with Gasteiger partial charge >= 0.3 is 5.69 Å². The van der Waals surface area contributed by atoms with Crippen LogP contribution in [0.1, 0.15) is 12.5 Å². The van der Waals surface area contributed by atoms with Gasteiger partial charge in [-0.2, -0.15) is 0 Å². The van der Waals surface area contributed by atoms with Crippen LogP contribution in [0.3, 0.4) is 0 Å². The Kier molecular flexibility index (Phi) is 4.02. The lowest BCUT2D eigenvalue weighted by molar-refractivity contribution is -0.386. The second kappa shape index (κ2) is 5.27. The molecular weight excluding hydrogens is 208 g/mol. The van der Waals surface area contributed by atoms with E-state index in [2.05, 4.69) is 0 Å². The van der Waals surface area contributed by atoms with Crippen LogP contribution < -0.4 is 10.5 Å². The van der Waals surface area contributed by atoms with E-state index in [1.165, 1.54) is 7.11 Å². The van der Waals surface area contributed by atoms with Crippen molar-refractivity contribution in [2.24, 2.45) is 5.73 Å². The quantitative estimate of drug-likeness (QED) is 0.624. The number of hydrogen-bond acceptors (Lipinski definition) is 4. The lowest BCUT2D eigenvalue weighted by Gasteiger charge is -2.04. The highest BCUT2D eigenvalue weighted by molar-refractivity contribution is 5.66. The van der Waals surface area contributed by atoms with E-state index in [1.54, 1.807) is 37.3 Å². The van der Waals surface area contributed by atoms with E-state index in [1.807, 2.05) is 0 Å². The van der Waals surface area contributed by atoms with Gasteiger partial charge in [-0.15, -0.1) is 0 Å². The van der Waals surface area contributed by atoms with Crippen molar-refractivity contribution in [2.45, 2.75) is 13.0 Å². The van der Waals surface area contributed by atoms with Crippen molar-refractivity contribution >= 4 is 11.8 Å². The van der Waals surface area contributed by atoms with Gasteiger partial charge in [0.05, 0.1) is 17.6 Å². The van der Waals surface area contributed by atoms with Crippen molar-refractivity contribution in [2.75, 3.05) is 7.11 Å². The molecule has 86 valence electrons. The fourth-order valence-corrected chi connectivity index (χ4v) is 1.29. The Morgan fingerprint density at radius 2 is 2.25 bits per heavy atom. The van der Waals surface area contributed by atoms with Crippen LogP contribution in [0.5, 0.6) is 5.75 Å². The first-order valence-electron chi connectivity index (χ1n) is 4.81. The molecule has 1 aromatic carbocycles. The van der Waals surface area contributed by atoms with Crippen molar-refractivity contribution in [1.29, 1.82) is 0 Å². The second-order valence-electron chi connectivity index (χ2n) is 3.37. The van der Waals surface area contributed by atoms with Crippen LogP contribution in [0.4, 0.5) is 5.69 Å². The molecule has 1 atom stereocenters. The molecule has 0 aromatic heterocycles. The number of para-hydroxylation sites is 1. The normalized spacial score (nSPS) is 12.7. The van der Waals surface area contributed by atoms with Crippen molar-refractivity contribution in [3.05, 3.63) is 40.0 Å². The number of benzene rings is 1. The number of nitro groups is 1. The molecule has 0 fully saturated rings. The molecular formula is C11H14N2O3. The van der Waals surface area contributed by atoms with E-state index in [0.717, 1.165) is 0 Å². The monoisotopic (exact) mass is 222 g/mol. The molecule has 1 unspecified atom stereocenters. The highest BCUT2D eigenvalue weighted by Gasteiger charge is 2.18. The first kappa shape index (κ1) is 12.2. The maximum absolute atomic E-state index is 10.9. The van der Waals surface area contributed by atoms with Crippen molar-refractivity contribution in [3.63, 3.8) is 0 Å². The molecule has 2 N–H and O–H groups in total. The van der Waals surface area contributed by atoms with Gasteiger partial charge in [0.15, 0.2) is 5.75 Å². The summed E-state index contributed by atoms with van der Waals surface area (Å²) < 4.78 is 4.95. The third-order valence-electron chi connectivity index (χ3n) is 2.01. The van der Waals surface area contributed by atoms with Crippen LogP contribution in [0.25, 0.3) is 6.08 Å². The SMILES string of the molecule is COc1cccc(/C=C/C(C)N)c1[N+](=O)[O-]. The predicted molar refractivity (Wildman–Crippen MR) is 62.3 cm³/mol. The molecule has 0 aliphatic heterocycles. The Bertz CT molecular complexity index is 414. The molecule has 0 saturated heterocycles. The lowest BCUT2D eigenvalue weighted by Crippen LogP contribution is -2.10. The summed E-state index contributed by atoms with van der Waals surface area (Å²) in [5.41, 5.74) is 6.00. The summed E-state index contributed by atoms with van der Waals surface area (Å²) >= 11 is 0. The Morgan fingerprint density at radius 3 is 2.75 bits per heavy atom. The second-order valence-corrected chi connectivity index (χ2v) is 3.37. The fraction of sp³-hybridized carbons (Fsp3) is 0.273. The Hall–Kier alpha value is -1.88. The summed E-state index contributed by atoms with van der Waals surface area (Å²) in [6, 6.07) is 4.76. The van der Waals surface area contributed by atoms with Gasteiger partial charge in [0.2, 0.25) is 0 Å². The van der Waals surface area contributed by atoms with Gasteiger partial charge in [-0.05, 0) is 19.1 Å². The minimum absolute atomic E-state index is 0.0399. The number of nitrogens with zero attached hydrogens (tertiary/aromatic N) is 1. The van der Waals surface area contributed by atoms with E-state index in [-0.39, 0.29) is 17.5 Å².